The Morgan fingerprint density at radius 1 is 1.38 bits per heavy atom. The highest BCUT2D eigenvalue weighted by Crippen LogP contribution is 2.37. The molecule has 0 bridgehead atoms. The molecule has 4 nitrogen and oxygen atoms in total. The molecular formula is C14H18F3N3O. The molecular weight excluding hydrogens is 283 g/mol. The average Bonchev–Trinajstić information content (AvgIpc) is 2.60. The smallest absolute Gasteiger partial charge is 0.360 e. The van der Waals surface area contributed by atoms with E-state index in [1.165, 1.54) is 9.80 Å². The summed E-state index contributed by atoms with van der Waals surface area (Å²) in [5.41, 5.74) is 7.42. The van der Waals surface area contributed by atoms with Crippen LogP contribution in [-0.2, 0) is 4.79 Å². The summed E-state index contributed by atoms with van der Waals surface area (Å²) in [5.74, 6) is -0.255. The van der Waals surface area contributed by atoms with Crippen LogP contribution in [0, 0.1) is 0 Å². The third-order valence-electron chi connectivity index (χ3n) is 3.61. The standard InChI is InChI=1S/C14H18F3N3O/c1-8(2)20(7-14(15,16)17)9-4-5-10-11(6-9)19(3)13(21)12(10)18/h4-6,8,12H,7,18H2,1-3H3. The molecule has 1 aliphatic rings. The van der Waals surface area contributed by atoms with Crippen molar-refractivity contribution in [1.29, 1.82) is 0 Å². The summed E-state index contributed by atoms with van der Waals surface area (Å²) in [6.45, 7) is 2.35. The van der Waals surface area contributed by atoms with Gasteiger partial charge >= 0.3 is 6.18 Å². The number of carbonyl (C=O) groups excluding carboxylic acids is 1. The number of likely N-dealkylation sites (N-methyl/N-ethyl adjacent to an activating group) is 1. The van der Waals surface area contributed by atoms with E-state index in [0.29, 0.717) is 16.9 Å². The van der Waals surface area contributed by atoms with Gasteiger partial charge in [0.05, 0.1) is 5.69 Å². The highest BCUT2D eigenvalue weighted by atomic mass is 19.4. The lowest BCUT2D eigenvalue weighted by molar-refractivity contribution is -0.120. The Hall–Kier alpha value is -1.76. The van der Waals surface area contributed by atoms with E-state index in [1.807, 2.05) is 0 Å². The second-order valence-corrected chi connectivity index (χ2v) is 5.45. The highest BCUT2D eigenvalue weighted by Gasteiger charge is 2.35. The van der Waals surface area contributed by atoms with E-state index in [0.717, 1.165) is 0 Å². The third-order valence-corrected chi connectivity index (χ3v) is 3.61. The molecule has 1 amide bonds. The predicted molar refractivity (Wildman–Crippen MR) is 75.3 cm³/mol. The average molecular weight is 301 g/mol. The fraction of sp³-hybridized carbons (Fsp3) is 0.500. The van der Waals surface area contributed by atoms with E-state index in [9.17, 15) is 18.0 Å². The first-order chi connectivity index (χ1) is 9.61. The number of fused-ring (bicyclic) bond motifs is 1. The fourth-order valence-electron chi connectivity index (χ4n) is 2.49. The van der Waals surface area contributed by atoms with Crippen molar-refractivity contribution in [2.45, 2.75) is 32.1 Å². The molecule has 0 spiro atoms. The Bertz CT molecular complexity index is 557. The molecule has 0 aliphatic carbocycles. The number of rotatable bonds is 3. The van der Waals surface area contributed by atoms with Crippen LogP contribution in [0.3, 0.4) is 0 Å². The Morgan fingerprint density at radius 2 is 2.00 bits per heavy atom. The quantitative estimate of drug-likeness (QED) is 0.933. The van der Waals surface area contributed by atoms with Crippen molar-refractivity contribution < 1.29 is 18.0 Å². The lowest BCUT2D eigenvalue weighted by atomic mass is 10.1. The van der Waals surface area contributed by atoms with Crippen molar-refractivity contribution >= 4 is 17.3 Å². The monoisotopic (exact) mass is 301 g/mol. The van der Waals surface area contributed by atoms with Gasteiger partial charge in [-0.15, -0.1) is 0 Å². The molecule has 0 radical (unpaired) electrons. The van der Waals surface area contributed by atoms with Crippen LogP contribution in [0.5, 0.6) is 0 Å². The van der Waals surface area contributed by atoms with Gasteiger partial charge in [-0.25, -0.2) is 0 Å². The maximum Gasteiger partial charge on any atom is 0.405 e. The Morgan fingerprint density at radius 3 is 2.52 bits per heavy atom. The fourth-order valence-corrected chi connectivity index (χ4v) is 2.49. The van der Waals surface area contributed by atoms with Gasteiger partial charge in [0, 0.05) is 24.3 Å². The minimum Gasteiger partial charge on any atom is -0.360 e. The second kappa shape index (κ2) is 5.22. The summed E-state index contributed by atoms with van der Waals surface area (Å²) in [6.07, 6.45) is -4.29. The third kappa shape index (κ3) is 2.97. The van der Waals surface area contributed by atoms with E-state index in [2.05, 4.69) is 0 Å². The zero-order valence-corrected chi connectivity index (χ0v) is 12.1. The first-order valence-electron chi connectivity index (χ1n) is 6.62. The zero-order valence-electron chi connectivity index (χ0n) is 12.1. The number of carbonyl (C=O) groups is 1. The molecule has 1 aromatic rings. The van der Waals surface area contributed by atoms with Crippen molar-refractivity contribution in [3.63, 3.8) is 0 Å². The van der Waals surface area contributed by atoms with E-state index < -0.39 is 18.8 Å². The van der Waals surface area contributed by atoms with Gasteiger partial charge in [-0.3, -0.25) is 4.79 Å². The van der Waals surface area contributed by atoms with Crippen LogP contribution in [0.1, 0.15) is 25.5 Å². The van der Waals surface area contributed by atoms with E-state index >= 15 is 0 Å². The van der Waals surface area contributed by atoms with Crippen LogP contribution in [0.4, 0.5) is 24.5 Å². The minimum absolute atomic E-state index is 0.255. The molecule has 0 saturated carbocycles. The lowest BCUT2D eigenvalue weighted by Crippen LogP contribution is -2.39. The maximum absolute atomic E-state index is 12.7. The highest BCUT2D eigenvalue weighted by molar-refractivity contribution is 6.04. The summed E-state index contributed by atoms with van der Waals surface area (Å²) in [7, 11) is 1.57. The maximum atomic E-state index is 12.7. The van der Waals surface area contributed by atoms with E-state index in [4.69, 9.17) is 5.73 Å². The van der Waals surface area contributed by atoms with Crippen molar-refractivity contribution in [3.05, 3.63) is 23.8 Å². The van der Waals surface area contributed by atoms with Crippen LogP contribution >= 0.6 is 0 Å². The second-order valence-electron chi connectivity index (χ2n) is 5.45. The van der Waals surface area contributed by atoms with Gasteiger partial charge in [0.2, 0.25) is 5.91 Å². The molecule has 7 heteroatoms. The normalized spacial score (nSPS) is 18.4. The minimum atomic E-state index is -4.29. The summed E-state index contributed by atoms with van der Waals surface area (Å²) in [6, 6.07) is 3.74. The van der Waals surface area contributed by atoms with Crippen LogP contribution in [-0.4, -0.2) is 31.7 Å². The van der Waals surface area contributed by atoms with Crippen LogP contribution in [0.25, 0.3) is 0 Å². The number of benzene rings is 1. The van der Waals surface area contributed by atoms with Gasteiger partial charge in [-0.05, 0) is 26.0 Å². The van der Waals surface area contributed by atoms with E-state index in [1.54, 1.807) is 39.1 Å². The number of nitrogens with zero attached hydrogens (tertiary/aromatic N) is 2. The lowest BCUT2D eigenvalue weighted by Gasteiger charge is -2.30. The number of nitrogens with two attached hydrogens (primary N) is 1. The molecule has 0 saturated heterocycles. The first-order valence-corrected chi connectivity index (χ1v) is 6.62. The number of halogens is 3. The number of alkyl halides is 3. The zero-order chi connectivity index (χ0) is 15.9. The molecule has 0 fully saturated rings. The van der Waals surface area contributed by atoms with Crippen molar-refractivity contribution in [2.75, 3.05) is 23.4 Å². The predicted octanol–water partition coefficient (Wildman–Crippen LogP) is 2.44. The molecule has 2 N–H and O–H groups in total. The van der Waals surface area contributed by atoms with Crippen molar-refractivity contribution in [3.8, 4) is 0 Å². The molecule has 21 heavy (non-hydrogen) atoms. The Balaban J connectivity index is 2.39. The molecule has 1 heterocycles. The summed E-state index contributed by atoms with van der Waals surface area (Å²) in [4.78, 5) is 14.5. The summed E-state index contributed by atoms with van der Waals surface area (Å²) in [5, 5.41) is 0. The largest absolute Gasteiger partial charge is 0.405 e. The first kappa shape index (κ1) is 15.6. The van der Waals surface area contributed by atoms with Gasteiger partial charge in [0.1, 0.15) is 12.6 Å². The van der Waals surface area contributed by atoms with E-state index in [-0.39, 0.29) is 11.9 Å². The van der Waals surface area contributed by atoms with Gasteiger partial charge in [-0.2, -0.15) is 13.2 Å². The number of hydrogen-bond donors (Lipinski definition) is 1. The van der Waals surface area contributed by atoms with Crippen LogP contribution in [0.15, 0.2) is 18.2 Å². The molecule has 1 aromatic carbocycles. The number of anilines is 2. The Labute approximate surface area is 121 Å². The van der Waals surface area contributed by atoms with Gasteiger partial charge in [0.25, 0.3) is 0 Å². The summed E-state index contributed by atoms with van der Waals surface area (Å²) < 4.78 is 38.1. The number of amides is 1. The van der Waals surface area contributed by atoms with Gasteiger partial charge in [-0.1, -0.05) is 6.07 Å². The molecule has 1 aliphatic heterocycles. The molecule has 1 atom stereocenters. The van der Waals surface area contributed by atoms with Gasteiger partial charge < -0.3 is 15.5 Å². The SMILES string of the molecule is CC(C)N(CC(F)(F)F)c1ccc2c(c1)N(C)C(=O)C2N. The number of hydrogen-bond acceptors (Lipinski definition) is 3. The topological polar surface area (TPSA) is 49.6 Å². The van der Waals surface area contributed by atoms with Crippen LogP contribution in [0.2, 0.25) is 0 Å². The van der Waals surface area contributed by atoms with Crippen molar-refractivity contribution in [2.24, 2.45) is 5.73 Å². The van der Waals surface area contributed by atoms with Crippen LogP contribution < -0.4 is 15.5 Å². The molecule has 2 rings (SSSR count). The summed E-state index contributed by atoms with van der Waals surface area (Å²) >= 11 is 0. The van der Waals surface area contributed by atoms with Gasteiger partial charge in [0.15, 0.2) is 0 Å². The van der Waals surface area contributed by atoms with Crippen molar-refractivity contribution in [1.82, 2.24) is 0 Å². The molecule has 116 valence electrons. The Kier molecular flexibility index (Phi) is 3.88. The molecule has 1 unspecified atom stereocenters. The molecule has 0 aromatic heterocycles.